The third-order valence-electron chi connectivity index (χ3n) is 6.11. The Morgan fingerprint density at radius 1 is 1.18 bits per heavy atom. The van der Waals surface area contributed by atoms with Crippen LogP contribution in [0.3, 0.4) is 0 Å². The number of rotatable bonds is 11. The number of hydrogen-bond acceptors (Lipinski definition) is 3. The van der Waals surface area contributed by atoms with Crippen LogP contribution in [0.15, 0.2) is 46.9 Å². The van der Waals surface area contributed by atoms with E-state index in [0.29, 0.717) is 6.42 Å². The molecule has 1 atom stereocenters. The number of ether oxygens (including phenoxy) is 1. The van der Waals surface area contributed by atoms with Crippen molar-refractivity contribution in [1.29, 1.82) is 0 Å². The molecule has 33 heavy (non-hydrogen) atoms. The maximum Gasteiger partial charge on any atom is 0.220 e. The minimum absolute atomic E-state index is 0.134. The molecule has 0 saturated carbocycles. The van der Waals surface area contributed by atoms with Crippen LogP contribution in [0.2, 0.25) is 0 Å². The summed E-state index contributed by atoms with van der Waals surface area (Å²) < 4.78 is 8.98. The number of nitrogens with one attached hydrogen (secondary N) is 1. The fourth-order valence-corrected chi connectivity index (χ4v) is 4.59. The van der Waals surface area contributed by atoms with Gasteiger partial charge in [-0.1, -0.05) is 35.0 Å². The molecular formula is C27H36BrN3O2. The zero-order chi connectivity index (χ0) is 24.0. The molecule has 6 heteroatoms. The molecule has 0 aliphatic heterocycles. The van der Waals surface area contributed by atoms with Crippen LogP contribution < -0.4 is 10.1 Å². The normalized spacial score (nSPS) is 12.3. The predicted molar refractivity (Wildman–Crippen MR) is 140 cm³/mol. The summed E-state index contributed by atoms with van der Waals surface area (Å²) in [6.45, 7) is 6.87. The molecule has 1 aromatic heterocycles. The van der Waals surface area contributed by atoms with E-state index in [1.54, 1.807) is 7.11 Å². The first kappa shape index (κ1) is 25.3. The van der Waals surface area contributed by atoms with Crippen molar-refractivity contribution in [2.45, 2.75) is 39.7 Å². The average Bonchev–Trinajstić information content (AvgIpc) is 3.03. The molecule has 0 radical (unpaired) electrons. The van der Waals surface area contributed by atoms with Gasteiger partial charge in [-0.2, -0.15) is 0 Å². The first-order valence-electron chi connectivity index (χ1n) is 11.6. The standard InChI is InChI=1S/C27H36BrN3O2/c1-19(16-27(32)29-13-6-14-30(3)4)15-24-20(2)31(18-21-7-9-22(28)10-8-21)26-12-11-23(33-5)17-25(24)26/h7-12,17,19H,6,13-16,18H2,1-5H3,(H,29,32). The quantitative estimate of drug-likeness (QED) is 0.349. The topological polar surface area (TPSA) is 46.5 Å². The largest absolute Gasteiger partial charge is 0.497 e. The van der Waals surface area contributed by atoms with Crippen LogP contribution in [0.4, 0.5) is 0 Å². The average molecular weight is 515 g/mol. The number of benzene rings is 2. The summed E-state index contributed by atoms with van der Waals surface area (Å²) in [5, 5.41) is 4.28. The van der Waals surface area contributed by atoms with Gasteiger partial charge in [0.05, 0.1) is 7.11 Å². The molecule has 0 bridgehead atoms. The lowest BCUT2D eigenvalue weighted by atomic mass is 9.95. The Labute approximate surface area is 206 Å². The summed E-state index contributed by atoms with van der Waals surface area (Å²) in [5.41, 5.74) is 5.01. The van der Waals surface area contributed by atoms with Crippen LogP contribution >= 0.6 is 15.9 Å². The van der Waals surface area contributed by atoms with E-state index in [0.717, 1.165) is 42.7 Å². The van der Waals surface area contributed by atoms with Crippen LogP contribution in [0.1, 0.15) is 36.6 Å². The van der Waals surface area contributed by atoms with Gasteiger partial charge in [-0.15, -0.1) is 0 Å². The SMILES string of the molecule is COc1ccc2c(c1)c(CC(C)CC(=O)NCCCN(C)C)c(C)n2Cc1ccc(Br)cc1. The van der Waals surface area contributed by atoms with E-state index in [2.05, 4.69) is 95.1 Å². The van der Waals surface area contributed by atoms with Crippen molar-refractivity contribution >= 4 is 32.7 Å². The highest BCUT2D eigenvalue weighted by Crippen LogP contribution is 2.32. The number of fused-ring (bicyclic) bond motifs is 1. The van der Waals surface area contributed by atoms with Crippen molar-refractivity contribution in [1.82, 2.24) is 14.8 Å². The van der Waals surface area contributed by atoms with Gasteiger partial charge in [-0.25, -0.2) is 0 Å². The summed E-state index contributed by atoms with van der Waals surface area (Å²) in [5.74, 6) is 1.24. The predicted octanol–water partition coefficient (Wildman–Crippen LogP) is 5.41. The molecule has 178 valence electrons. The van der Waals surface area contributed by atoms with Gasteiger partial charge in [-0.05, 0) is 87.8 Å². The van der Waals surface area contributed by atoms with Crippen LogP contribution in [-0.2, 0) is 17.8 Å². The Morgan fingerprint density at radius 2 is 1.91 bits per heavy atom. The van der Waals surface area contributed by atoms with E-state index in [1.807, 2.05) is 6.07 Å². The Morgan fingerprint density at radius 3 is 2.58 bits per heavy atom. The first-order chi connectivity index (χ1) is 15.8. The number of amides is 1. The van der Waals surface area contributed by atoms with Gasteiger partial charge in [0.15, 0.2) is 0 Å². The number of methoxy groups -OCH3 is 1. The second kappa shape index (κ2) is 11.7. The molecule has 3 rings (SSSR count). The van der Waals surface area contributed by atoms with E-state index < -0.39 is 0 Å². The van der Waals surface area contributed by atoms with Crippen molar-refractivity contribution in [3.63, 3.8) is 0 Å². The van der Waals surface area contributed by atoms with Gasteiger partial charge >= 0.3 is 0 Å². The highest BCUT2D eigenvalue weighted by Gasteiger charge is 2.19. The number of carbonyl (C=O) groups excluding carboxylic acids is 1. The maximum absolute atomic E-state index is 12.5. The van der Waals surface area contributed by atoms with Crippen molar-refractivity contribution in [3.05, 3.63) is 63.8 Å². The van der Waals surface area contributed by atoms with Crippen LogP contribution in [0, 0.1) is 12.8 Å². The molecule has 5 nitrogen and oxygen atoms in total. The molecule has 1 unspecified atom stereocenters. The lowest BCUT2D eigenvalue weighted by molar-refractivity contribution is -0.121. The summed E-state index contributed by atoms with van der Waals surface area (Å²) in [7, 11) is 5.80. The summed E-state index contributed by atoms with van der Waals surface area (Å²) in [4.78, 5) is 14.6. The van der Waals surface area contributed by atoms with Gasteiger partial charge in [0.2, 0.25) is 5.91 Å². The lowest BCUT2D eigenvalue weighted by Crippen LogP contribution is -2.28. The van der Waals surface area contributed by atoms with E-state index in [1.165, 1.54) is 27.7 Å². The van der Waals surface area contributed by atoms with E-state index in [9.17, 15) is 4.79 Å². The third kappa shape index (κ3) is 6.84. The molecule has 1 amide bonds. The van der Waals surface area contributed by atoms with Crippen LogP contribution in [0.5, 0.6) is 5.75 Å². The number of halogens is 1. The summed E-state index contributed by atoms with van der Waals surface area (Å²) in [6, 6.07) is 14.8. The molecule has 1 N–H and O–H groups in total. The Balaban J connectivity index is 1.79. The molecule has 0 aliphatic rings. The number of hydrogen-bond donors (Lipinski definition) is 1. The van der Waals surface area contributed by atoms with Gasteiger partial charge < -0.3 is 19.5 Å². The minimum atomic E-state index is 0.134. The van der Waals surface area contributed by atoms with E-state index in [4.69, 9.17) is 4.74 Å². The molecule has 3 aromatic rings. The Kier molecular flexibility index (Phi) is 8.98. The number of aromatic nitrogens is 1. The second-order valence-electron chi connectivity index (χ2n) is 9.18. The van der Waals surface area contributed by atoms with Gasteiger partial charge in [-0.3, -0.25) is 4.79 Å². The van der Waals surface area contributed by atoms with Crippen LogP contribution in [0.25, 0.3) is 10.9 Å². The molecular weight excluding hydrogens is 478 g/mol. The molecule has 2 aromatic carbocycles. The fraction of sp³-hybridized carbons (Fsp3) is 0.444. The van der Waals surface area contributed by atoms with Crippen molar-refractivity contribution < 1.29 is 9.53 Å². The highest BCUT2D eigenvalue weighted by molar-refractivity contribution is 9.10. The van der Waals surface area contributed by atoms with Crippen molar-refractivity contribution in [2.75, 3.05) is 34.3 Å². The molecule has 1 heterocycles. The molecule has 0 aliphatic carbocycles. The van der Waals surface area contributed by atoms with E-state index in [-0.39, 0.29) is 11.8 Å². The smallest absolute Gasteiger partial charge is 0.220 e. The summed E-state index contributed by atoms with van der Waals surface area (Å²) >= 11 is 3.52. The minimum Gasteiger partial charge on any atom is -0.497 e. The Bertz CT molecular complexity index is 1070. The molecule has 0 saturated heterocycles. The summed E-state index contributed by atoms with van der Waals surface area (Å²) in [6.07, 6.45) is 2.36. The van der Waals surface area contributed by atoms with E-state index >= 15 is 0 Å². The zero-order valence-electron chi connectivity index (χ0n) is 20.5. The molecule has 0 fully saturated rings. The lowest BCUT2D eigenvalue weighted by Gasteiger charge is -2.14. The maximum atomic E-state index is 12.5. The van der Waals surface area contributed by atoms with Crippen molar-refractivity contribution in [2.24, 2.45) is 5.92 Å². The zero-order valence-corrected chi connectivity index (χ0v) is 22.0. The van der Waals surface area contributed by atoms with Crippen LogP contribution in [-0.4, -0.2) is 49.7 Å². The molecule has 0 spiro atoms. The Hall–Kier alpha value is -2.31. The van der Waals surface area contributed by atoms with Gasteiger partial charge in [0, 0.05) is 40.6 Å². The highest BCUT2D eigenvalue weighted by atomic mass is 79.9. The number of carbonyl (C=O) groups is 1. The third-order valence-corrected chi connectivity index (χ3v) is 6.63. The van der Waals surface area contributed by atoms with Gasteiger partial charge in [0.1, 0.15) is 5.75 Å². The first-order valence-corrected chi connectivity index (χ1v) is 12.4. The fourth-order valence-electron chi connectivity index (χ4n) is 4.32. The van der Waals surface area contributed by atoms with Gasteiger partial charge in [0.25, 0.3) is 0 Å². The second-order valence-corrected chi connectivity index (χ2v) is 10.1. The number of nitrogens with zero attached hydrogens (tertiary/aromatic N) is 2. The monoisotopic (exact) mass is 513 g/mol. The van der Waals surface area contributed by atoms with Crippen molar-refractivity contribution in [3.8, 4) is 5.75 Å².